The van der Waals surface area contributed by atoms with Gasteiger partial charge in [0.05, 0.1) is 6.61 Å². The Labute approximate surface area is 173 Å². The van der Waals surface area contributed by atoms with E-state index in [1.165, 1.54) is 32.1 Å². The standard InChI is InChI=1S/C25H31NO3/c1-19(2)18-29-24-12-8-21(9-13-24)25(27)26-22-10-14-23(15-11-22)28-17-16-20-6-4-3-5-7-20/h8-15,20H,1,3-7,16-18H2,2H3,(H,26,27). The minimum atomic E-state index is -0.151. The van der Waals surface area contributed by atoms with Crippen LogP contribution in [0.3, 0.4) is 0 Å². The van der Waals surface area contributed by atoms with Crippen LogP contribution < -0.4 is 14.8 Å². The van der Waals surface area contributed by atoms with Crippen molar-refractivity contribution in [3.05, 3.63) is 66.2 Å². The number of nitrogens with one attached hydrogen (secondary N) is 1. The third-order valence-electron chi connectivity index (χ3n) is 5.23. The fourth-order valence-electron chi connectivity index (χ4n) is 3.57. The van der Waals surface area contributed by atoms with Crippen LogP contribution in [-0.2, 0) is 0 Å². The lowest BCUT2D eigenvalue weighted by atomic mass is 9.87. The predicted molar refractivity (Wildman–Crippen MR) is 118 cm³/mol. The number of hydrogen-bond acceptors (Lipinski definition) is 3. The summed E-state index contributed by atoms with van der Waals surface area (Å²) in [6, 6.07) is 14.7. The molecule has 0 unspecified atom stereocenters. The van der Waals surface area contributed by atoms with Gasteiger partial charge in [-0.25, -0.2) is 0 Å². The Kier molecular flexibility index (Phi) is 7.74. The molecule has 2 aromatic rings. The molecule has 0 aromatic heterocycles. The van der Waals surface area contributed by atoms with Crippen LogP contribution >= 0.6 is 0 Å². The molecule has 4 nitrogen and oxygen atoms in total. The molecule has 154 valence electrons. The summed E-state index contributed by atoms with van der Waals surface area (Å²) >= 11 is 0. The molecule has 0 atom stereocenters. The van der Waals surface area contributed by atoms with Crippen molar-refractivity contribution in [1.29, 1.82) is 0 Å². The topological polar surface area (TPSA) is 47.6 Å². The van der Waals surface area contributed by atoms with E-state index in [1.54, 1.807) is 24.3 Å². The van der Waals surface area contributed by atoms with Crippen LogP contribution in [0.4, 0.5) is 5.69 Å². The molecule has 0 heterocycles. The van der Waals surface area contributed by atoms with Gasteiger partial charge >= 0.3 is 0 Å². The van der Waals surface area contributed by atoms with Gasteiger partial charge < -0.3 is 14.8 Å². The van der Waals surface area contributed by atoms with Crippen molar-refractivity contribution in [2.45, 2.75) is 45.4 Å². The highest BCUT2D eigenvalue weighted by Gasteiger charge is 2.13. The summed E-state index contributed by atoms with van der Waals surface area (Å²) in [6.07, 6.45) is 7.93. The molecule has 29 heavy (non-hydrogen) atoms. The maximum Gasteiger partial charge on any atom is 0.255 e. The normalized spacial score (nSPS) is 14.2. The second-order valence-corrected chi connectivity index (χ2v) is 7.89. The number of hydrogen-bond donors (Lipinski definition) is 1. The fourth-order valence-corrected chi connectivity index (χ4v) is 3.57. The third-order valence-corrected chi connectivity index (χ3v) is 5.23. The molecule has 3 rings (SSSR count). The second kappa shape index (κ2) is 10.7. The van der Waals surface area contributed by atoms with Crippen molar-refractivity contribution >= 4 is 11.6 Å². The van der Waals surface area contributed by atoms with E-state index in [1.807, 2.05) is 31.2 Å². The minimum absolute atomic E-state index is 0.151. The number of rotatable bonds is 9. The average Bonchev–Trinajstić information content (AvgIpc) is 2.74. The minimum Gasteiger partial charge on any atom is -0.494 e. The van der Waals surface area contributed by atoms with E-state index in [0.717, 1.165) is 41.7 Å². The van der Waals surface area contributed by atoms with Crippen molar-refractivity contribution in [3.63, 3.8) is 0 Å². The van der Waals surface area contributed by atoms with Crippen molar-refractivity contribution in [3.8, 4) is 11.5 Å². The molecule has 0 saturated heterocycles. The SMILES string of the molecule is C=C(C)COc1ccc(C(=O)Nc2ccc(OCCC3CCCCC3)cc2)cc1. The Morgan fingerprint density at radius 3 is 2.24 bits per heavy atom. The van der Waals surface area contributed by atoms with E-state index in [2.05, 4.69) is 11.9 Å². The molecule has 1 aliphatic carbocycles. The molecular weight excluding hydrogens is 362 g/mol. The number of amides is 1. The smallest absolute Gasteiger partial charge is 0.255 e. The predicted octanol–water partition coefficient (Wildman–Crippen LogP) is 6.24. The quantitative estimate of drug-likeness (QED) is 0.513. The zero-order chi connectivity index (χ0) is 20.5. The molecule has 2 aromatic carbocycles. The van der Waals surface area contributed by atoms with E-state index in [-0.39, 0.29) is 5.91 Å². The summed E-state index contributed by atoms with van der Waals surface area (Å²) in [6.45, 7) is 6.95. The van der Waals surface area contributed by atoms with Crippen LogP contribution in [0.5, 0.6) is 11.5 Å². The van der Waals surface area contributed by atoms with Gasteiger partial charge in [-0.2, -0.15) is 0 Å². The highest BCUT2D eigenvalue weighted by Crippen LogP contribution is 2.26. The van der Waals surface area contributed by atoms with Gasteiger partial charge in [0.15, 0.2) is 0 Å². The highest BCUT2D eigenvalue weighted by molar-refractivity contribution is 6.04. The molecular formula is C25H31NO3. The Balaban J connectivity index is 1.44. The zero-order valence-electron chi connectivity index (χ0n) is 17.3. The first kappa shape index (κ1) is 21.0. The van der Waals surface area contributed by atoms with Gasteiger partial charge in [0.2, 0.25) is 0 Å². The van der Waals surface area contributed by atoms with Gasteiger partial charge in [-0.15, -0.1) is 0 Å². The lowest BCUT2D eigenvalue weighted by molar-refractivity contribution is 0.102. The summed E-state index contributed by atoms with van der Waals surface area (Å²) in [4.78, 5) is 12.4. The van der Waals surface area contributed by atoms with Crippen LogP contribution in [0.1, 0.15) is 55.8 Å². The van der Waals surface area contributed by atoms with Gasteiger partial charge in [0, 0.05) is 11.3 Å². The van der Waals surface area contributed by atoms with Crippen molar-refractivity contribution in [2.75, 3.05) is 18.5 Å². The molecule has 4 heteroatoms. The summed E-state index contributed by atoms with van der Waals surface area (Å²) in [5.41, 5.74) is 2.28. The molecule has 1 saturated carbocycles. The van der Waals surface area contributed by atoms with Crippen LogP contribution in [0.15, 0.2) is 60.7 Å². The van der Waals surface area contributed by atoms with Crippen LogP contribution in [0, 0.1) is 5.92 Å². The second-order valence-electron chi connectivity index (χ2n) is 7.89. The Hall–Kier alpha value is -2.75. The molecule has 0 radical (unpaired) electrons. The molecule has 1 aliphatic rings. The molecule has 1 N–H and O–H groups in total. The summed E-state index contributed by atoms with van der Waals surface area (Å²) in [5, 5.41) is 2.91. The highest BCUT2D eigenvalue weighted by atomic mass is 16.5. The first-order chi connectivity index (χ1) is 14.1. The van der Waals surface area contributed by atoms with E-state index in [0.29, 0.717) is 12.2 Å². The maximum absolute atomic E-state index is 12.4. The largest absolute Gasteiger partial charge is 0.494 e. The number of carbonyl (C=O) groups is 1. The monoisotopic (exact) mass is 393 g/mol. The van der Waals surface area contributed by atoms with Gasteiger partial charge in [0.1, 0.15) is 18.1 Å². The van der Waals surface area contributed by atoms with Gasteiger partial charge in [-0.05, 0) is 73.4 Å². The lowest BCUT2D eigenvalue weighted by Gasteiger charge is -2.21. The first-order valence-corrected chi connectivity index (χ1v) is 10.5. The number of benzene rings is 2. The number of ether oxygens (including phenoxy) is 2. The van der Waals surface area contributed by atoms with E-state index < -0.39 is 0 Å². The molecule has 0 bridgehead atoms. The van der Waals surface area contributed by atoms with Gasteiger partial charge in [-0.3, -0.25) is 4.79 Å². The fraction of sp³-hybridized carbons (Fsp3) is 0.400. The molecule has 1 amide bonds. The van der Waals surface area contributed by atoms with Gasteiger partial charge in [-0.1, -0.05) is 38.7 Å². The van der Waals surface area contributed by atoms with E-state index >= 15 is 0 Å². The van der Waals surface area contributed by atoms with Crippen molar-refractivity contribution < 1.29 is 14.3 Å². The van der Waals surface area contributed by atoms with Crippen LogP contribution in [-0.4, -0.2) is 19.1 Å². The Bertz CT molecular complexity index is 790. The van der Waals surface area contributed by atoms with E-state index in [9.17, 15) is 4.79 Å². The van der Waals surface area contributed by atoms with Crippen molar-refractivity contribution in [1.82, 2.24) is 0 Å². The summed E-state index contributed by atoms with van der Waals surface area (Å²) < 4.78 is 11.4. The van der Waals surface area contributed by atoms with Crippen LogP contribution in [0.2, 0.25) is 0 Å². The van der Waals surface area contributed by atoms with Crippen molar-refractivity contribution in [2.24, 2.45) is 5.92 Å². The first-order valence-electron chi connectivity index (χ1n) is 10.5. The molecule has 0 aliphatic heterocycles. The van der Waals surface area contributed by atoms with E-state index in [4.69, 9.17) is 9.47 Å². The number of carbonyl (C=O) groups excluding carboxylic acids is 1. The molecule has 1 fully saturated rings. The van der Waals surface area contributed by atoms with Crippen LogP contribution in [0.25, 0.3) is 0 Å². The average molecular weight is 394 g/mol. The molecule has 0 spiro atoms. The lowest BCUT2D eigenvalue weighted by Crippen LogP contribution is -2.12. The van der Waals surface area contributed by atoms with Gasteiger partial charge in [0.25, 0.3) is 5.91 Å². The maximum atomic E-state index is 12.4. The Morgan fingerprint density at radius 2 is 1.59 bits per heavy atom. The third kappa shape index (κ3) is 6.97. The zero-order valence-corrected chi connectivity index (χ0v) is 17.3. The summed E-state index contributed by atoms with van der Waals surface area (Å²) in [7, 11) is 0. The Morgan fingerprint density at radius 1 is 0.966 bits per heavy atom. The summed E-state index contributed by atoms with van der Waals surface area (Å²) in [5.74, 6) is 2.24. The number of anilines is 1.